The van der Waals surface area contributed by atoms with Crippen LogP contribution in [-0.2, 0) is 16.0 Å². The molecule has 2 saturated carbocycles. The molecule has 4 aliphatic carbocycles. The van der Waals surface area contributed by atoms with Gasteiger partial charge in [0.05, 0.1) is 18.8 Å². The molecule has 0 radical (unpaired) electrons. The number of aliphatic hydroxyl groups is 1. The van der Waals surface area contributed by atoms with Crippen LogP contribution in [0.15, 0.2) is 59.1 Å². The van der Waals surface area contributed by atoms with Gasteiger partial charge in [-0.15, -0.1) is 0 Å². The zero-order valence-corrected chi connectivity index (χ0v) is 32.9. The third kappa shape index (κ3) is 9.59. The molecule has 4 aliphatic rings. The molecular weight excluding hydrogens is 691 g/mol. The Hall–Kier alpha value is -4.26. The van der Waals surface area contributed by atoms with E-state index in [0.717, 1.165) is 67.2 Å². The first kappa shape index (κ1) is 40.4. The van der Waals surface area contributed by atoms with Gasteiger partial charge in [-0.25, -0.2) is 4.99 Å². The van der Waals surface area contributed by atoms with E-state index in [1.807, 2.05) is 24.3 Å². The summed E-state index contributed by atoms with van der Waals surface area (Å²) in [5.74, 6) is 8.25. The van der Waals surface area contributed by atoms with Crippen LogP contribution in [0.5, 0.6) is 17.2 Å². The Morgan fingerprint density at radius 1 is 1.13 bits per heavy atom. The summed E-state index contributed by atoms with van der Waals surface area (Å²) in [7, 11) is 1.74. The molecule has 6 rings (SSSR count). The number of aliphatic imine (C=N–C) groups is 1. The summed E-state index contributed by atoms with van der Waals surface area (Å²) in [5.41, 5.74) is 16.8. The minimum Gasteiger partial charge on any atom is -0.508 e. The second-order valence-corrected chi connectivity index (χ2v) is 16.5. The lowest BCUT2D eigenvalue weighted by Crippen LogP contribution is -2.41. The number of carbonyl (C=O) groups is 1. The molecule has 2 aromatic rings. The molecule has 0 heterocycles. The molecule has 2 fully saturated rings. The van der Waals surface area contributed by atoms with Gasteiger partial charge >= 0.3 is 0 Å². The van der Waals surface area contributed by atoms with Gasteiger partial charge in [0, 0.05) is 49.5 Å². The summed E-state index contributed by atoms with van der Waals surface area (Å²) in [6.07, 6.45) is 15.2. The Morgan fingerprint density at radius 2 is 1.93 bits per heavy atom. The first-order chi connectivity index (χ1) is 26.6. The Bertz CT molecular complexity index is 1810. The molecule has 8 atom stereocenters. The second-order valence-electron chi connectivity index (χ2n) is 16.5. The van der Waals surface area contributed by atoms with Crippen LogP contribution in [0.4, 0.5) is 0 Å². The van der Waals surface area contributed by atoms with Crippen molar-refractivity contribution in [1.82, 2.24) is 0 Å². The van der Waals surface area contributed by atoms with Crippen LogP contribution < -0.4 is 16.2 Å². The standard InChI is InChI=1S/C46H61N3O6/c1-4-29(19-20-50)15-17-34(51)18-16-31-26-42(55-36-12-5-6-13-36)45(53)44-37(31)14-8-10-33(49-46(47)48)23-32-25-39-38(30-9-7-11-35(52)24-30)21-28(2)22-40(39)43(44)41(32)27-54-3/h7,9,11,15,17,24-26,28-29,32-33,36,38,40-41,43,50,52-53H,4-6,10,12-13,16,18-23,27H2,1-3H3,(H4,47,48,49)/t28-,29-,32-,33+,38+,40-,41?,43-/m1/s1. The number of carbonyl (C=O) groups excluding carboxylic acids is 1. The van der Waals surface area contributed by atoms with Gasteiger partial charge in [-0.1, -0.05) is 55.5 Å². The number of hydrogen-bond acceptors (Lipinski definition) is 7. The first-order valence-electron chi connectivity index (χ1n) is 20.5. The van der Waals surface area contributed by atoms with Crippen molar-refractivity contribution in [3.05, 3.63) is 76.4 Å². The predicted octanol–water partition coefficient (Wildman–Crippen LogP) is 7.41. The highest BCUT2D eigenvalue weighted by atomic mass is 16.5. The van der Waals surface area contributed by atoms with Gasteiger partial charge in [0.1, 0.15) is 5.75 Å². The van der Waals surface area contributed by atoms with Crippen LogP contribution >= 0.6 is 0 Å². The van der Waals surface area contributed by atoms with Gasteiger partial charge in [-0.05, 0) is 129 Å². The van der Waals surface area contributed by atoms with Crippen molar-refractivity contribution < 1.29 is 29.6 Å². The van der Waals surface area contributed by atoms with E-state index in [9.17, 15) is 20.1 Å². The Morgan fingerprint density at radius 3 is 2.64 bits per heavy atom. The third-order valence-electron chi connectivity index (χ3n) is 12.6. The Labute approximate surface area is 327 Å². The SMILES string of the molecule is CC[C@H](C=CC(=O)CCc1cc(OC2CCCC2)c(O)c2c1C#CC[C@H](N=C(N)N)C[C@@H]1C=C3[C@H](c4cccc(O)c4)C[C@@H](C)C[C@H]3[C@@H]2C1COC)CCO. The highest BCUT2D eigenvalue weighted by molar-refractivity contribution is 5.89. The molecule has 1 unspecified atom stereocenters. The lowest BCUT2D eigenvalue weighted by Gasteiger charge is -2.49. The van der Waals surface area contributed by atoms with Crippen LogP contribution in [0.1, 0.15) is 119 Å². The van der Waals surface area contributed by atoms with Crippen molar-refractivity contribution in [3.8, 4) is 29.1 Å². The number of methoxy groups -OCH3 is 1. The van der Waals surface area contributed by atoms with Crippen LogP contribution in [0, 0.1) is 41.4 Å². The minimum atomic E-state index is -0.252. The average Bonchev–Trinajstić information content (AvgIpc) is 3.67. The number of benzene rings is 2. The van der Waals surface area contributed by atoms with E-state index < -0.39 is 0 Å². The topological polar surface area (TPSA) is 161 Å². The number of aromatic hydroxyl groups is 2. The van der Waals surface area contributed by atoms with Crippen molar-refractivity contribution in [2.75, 3.05) is 20.3 Å². The molecule has 55 heavy (non-hydrogen) atoms. The summed E-state index contributed by atoms with van der Waals surface area (Å²) in [5, 5.41) is 32.7. The molecule has 7 N–H and O–H groups in total. The fraction of sp³-hybridized carbons (Fsp3) is 0.565. The zero-order valence-electron chi connectivity index (χ0n) is 32.9. The summed E-state index contributed by atoms with van der Waals surface area (Å²) in [4.78, 5) is 18.1. The molecule has 9 nitrogen and oxygen atoms in total. The molecule has 2 aromatic carbocycles. The molecule has 0 saturated heterocycles. The number of guanidine groups is 1. The van der Waals surface area contributed by atoms with E-state index in [1.54, 1.807) is 19.3 Å². The Kier molecular flexibility index (Phi) is 13.7. The van der Waals surface area contributed by atoms with Gasteiger partial charge in [0.15, 0.2) is 23.2 Å². The maximum Gasteiger partial charge on any atom is 0.186 e. The lowest BCUT2D eigenvalue weighted by atomic mass is 9.55. The molecule has 0 aromatic heterocycles. The minimum absolute atomic E-state index is 0.00432. The number of hydrogen-bond donors (Lipinski definition) is 5. The van der Waals surface area contributed by atoms with E-state index in [4.69, 9.17) is 20.9 Å². The smallest absolute Gasteiger partial charge is 0.186 e. The van der Waals surface area contributed by atoms with Crippen molar-refractivity contribution in [3.63, 3.8) is 0 Å². The number of phenols is 2. The van der Waals surface area contributed by atoms with E-state index in [0.29, 0.717) is 44.0 Å². The number of nitrogens with zero attached hydrogens (tertiary/aromatic N) is 1. The highest BCUT2D eigenvalue weighted by Gasteiger charge is 2.48. The van der Waals surface area contributed by atoms with Gasteiger partial charge in [0.2, 0.25) is 0 Å². The van der Waals surface area contributed by atoms with E-state index >= 15 is 0 Å². The zero-order chi connectivity index (χ0) is 39.1. The number of nitrogens with two attached hydrogens (primary N) is 2. The van der Waals surface area contributed by atoms with Crippen LogP contribution in [0.25, 0.3) is 0 Å². The quantitative estimate of drug-likeness (QED) is 0.0439. The van der Waals surface area contributed by atoms with Crippen molar-refractivity contribution in [2.45, 2.75) is 115 Å². The second kappa shape index (κ2) is 18.6. The van der Waals surface area contributed by atoms with Gasteiger partial charge in [-0.2, -0.15) is 0 Å². The molecule has 0 aliphatic heterocycles. The summed E-state index contributed by atoms with van der Waals surface area (Å²) >= 11 is 0. The van der Waals surface area contributed by atoms with Crippen LogP contribution in [0.3, 0.4) is 0 Å². The third-order valence-corrected chi connectivity index (χ3v) is 12.6. The fourth-order valence-electron chi connectivity index (χ4n) is 9.96. The van der Waals surface area contributed by atoms with Crippen molar-refractivity contribution in [1.29, 1.82) is 0 Å². The molecular formula is C46H61N3O6. The number of rotatable bonds is 14. The number of ketones is 1. The lowest BCUT2D eigenvalue weighted by molar-refractivity contribution is -0.114. The monoisotopic (exact) mass is 751 g/mol. The van der Waals surface area contributed by atoms with E-state index in [-0.39, 0.29) is 83.9 Å². The van der Waals surface area contributed by atoms with Gasteiger partial charge in [-0.3, -0.25) is 4.79 Å². The van der Waals surface area contributed by atoms with Crippen LogP contribution in [-0.4, -0.2) is 59.5 Å². The molecule has 9 heteroatoms. The normalized spacial score (nSPS) is 26.9. The summed E-state index contributed by atoms with van der Waals surface area (Å²) < 4.78 is 12.7. The van der Waals surface area contributed by atoms with Crippen LogP contribution in [0.2, 0.25) is 0 Å². The first-order valence-corrected chi connectivity index (χ1v) is 20.5. The van der Waals surface area contributed by atoms with Gasteiger partial charge < -0.3 is 36.3 Å². The molecule has 296 valence electrons. The number of aryl methyl sites for hydroxylation is 1. The number of fused-ring (bicyclic) bond motifs is 6. The largest absolute Gasteiger partial charge is 0.508 e. The molecule has 0 spiro atoms. The van der Waals surface area contributed by atoms with E-state index in [1.165, 1.54) is 5.57 Å². The number of aliphatic hydroxyl groups excluding tert-OH is 1. The summed E-state index contributed by atoms with van der Waals surface area (Å²) in [6.45, 7) is 4.90. The summed E-state index contributed by atoms with van der Waals surface area (Å²) in [6, 6.07) is 9.30. The Balaban J connectivity index is 1.54. The van der Waals surface area contributed by atoms with Gasteiger partial charge in [0.25, 0.3) is 0 Å². The number of ether oxygens (including phenoxy) is 2. The highest BCUT2D eigenvalue weighted by Crippen LogP contribution is 2.59. The van der Waals surface area contributed by atoms with Crippen molar-refractivity contribution in [2.24, 2.45) is 46.0 Å². The number of phenolic OH excluding ortho intramolecular Hbond substituents is 2. The number of allylic oxidation sites excluding steroid dienone is 4. The maximum atomic E-state index is 13.4. The maximum absolute atomic E-state index is 13.4. The fourth-order valence-corrected chi connectivity index (χ4v) is 9.96. The molecule has 2 bridgehead atoms. The van der Waals surface area contributed by atoms with Crippen molar-refractivity contribution >= 4 is 11.7 Å². The molecule has 0 amide bonds. The predicted molar refractivity (Wildman–Crippen MR) is 217 cm³/mol. The average molecular weight is 752 g/mol. The van der Waals surface area contributed by atoms with E-state index in [2.05, 4.69) is 42.8 Å².